The molecule has 0 fully saturated rings. The molecule has 1 atom stereocenters. The molecule has 0 aliphatic heterocycles. The van der Waals surface area contributed by atoms with Crippen molar-refractivity contribution in [1.82, 2.24) is 10.3 Å². The van der Waals surface area contributed by atoms with Crippen molar-refractivity contribution >= 4 is 0 Å². The Morgan fingerprint density at radius 3 is 2.89 bits per heavy atom. The number of rotatable bonds is 3. The van der Waals surface area contributed by atoms with Crippen LogP contribution in [-0.4, -0.2) is 11.5 Å². The average Bonchev–Trinajstić information content (AvgIpc) is 2.84. The van der Waals surface area contributed by atoms with Crippen LogP contribution in [0.25, 0.3) is 11.1 Å². The van der Waals surface area contributed by atoms with Gasteiger partial charge < -0.3 is 5.32 Å². The normalized spacial score (nSPS) is 17.5. The third-order valence-electron chi connectivity index (χ3n) is 3.94. The molecule has 0 spiro atoms. The van der Waals surface area contributed by atoms with Crippen molar-refractivity contribution in [2.45, 2.75) is 32.7 Å². The number of hydrogen-bond acceptors (Lipinski definition) is 2. The molecule has 0 amide bonds. The van der Waals surface area contributed by atoms with Crippen LogP contribution in [0.2, 0.25) is 0 Å². The molecule has 19 heavy (non-hydrogen) atoms. The molecule has 1 aliphatic rings. The molecule has 1 aromatic carbocycles. The molecule has 0 radical (unpaired) electrons. The fraction of sp³-hybridized carbons (Fsp3) is 0.353. The minimum absolute atomic E-state index is 0.526. The number of aromatic nitrogens is 1. The van der Waals surface area contributed by atoms with Gasteiger partial charge in [-0.15, -0.1) is 0 Å². The van der Waals surface area contributed by atoms with Crippen molar-refractivity contribution in [3.05, 3.63) is 53.3 Å². The zero-order chi connectivity index (χ0) is 13.2. The first-order valence-electron chi connectivity index (χ1n) is 7.07. The summed E-state index contributed by atoms with van der Waals surface area (Å²) < 4.78 is 0. The van der Waals surface area contributed by atoms with E-state index < -0.39 is 0 Å². The van der Waals surface area contributed by atoms with E-state index in [1.165, 1.54) is 28.7 Å². The van der Waals surface area contributed by atoms with E-state index in [1.54, 1.807) is 0 Å². The maximum atomic E-state index is 4.42. The molecule has 1 N–H and O–H groups in total. The maximum Gasteiger partial charge on any atom is 0.0373 e. The molecule has 1 aliphatic carbocycles. The number of aryl methyl sites for hydroxylation is 1. The number of fused-ring (bicyclic) bond motifs is 1. The van der Waals surface area contributed by atoms with Gasteiger partial charge in [-0.3, -0.25) is 4.98 Å². The summed E-state index contributed by atoms with van der Waals surface area (Å²) in [6.45, 7) is 5.23. The topological polar surface area (TPSA) is 24.9 Å². The Bertz CT molecular complexity index is 572. The van der Waals surface area contributed by atoms with Gasteiger partial charge >= 0.3 is 0 Å². The highest BCUT2D eigenvalue weighted by Crippen LogP contribution is 2.37. The Hall–Kier alpha value is -1.67. The highest BCUT2D eigenvalue weighted by Gasteiger charge is 2.23. The first-order valence-corrected chi connectivity index (χ1v) is 7.07. The van der Waals surface area contributed by atoms with E-state index >= 15 is 0 Å². The Labute approximate surface area is 114 Å². The monoisotopic (exact) mass is 252 g/mol. The van der Waals surface area contributed by atoms with Crippen LogP contribution in [0, 0.1) is 6.92 Å². The van der Waals surface area contributed by atoms with Gasteiger partial charge in [0.15, 0.2) is 0 Å². The largest absolute Gasteiger partial charge is 0.310 e. The van der Waals surface area contributed by atoms with Crippen molar-refractivity contribution in [2.75, 3.05) is 6.54 Å². The van der Waals surface area contributed by atoms with Crippen molar-refractivity contribution in [1.29, 1.82) is 0 Å². The minimum Gasteiger partial charge on any atom is -0.310 e. The second-order valence-electron chi connectivity index (χ2n) is 5.21. The first-order chi connectivity index (χ1) is 9.29. The molecule has 98 valence electrons. The fourth-order valence-corrected chi connectivity index (χ4v) is 3.01. The van der Waals surface area contributed by atoms with E-state index in [1.807, 2.05) is 13.1 Å². The van der Waals surface area contributed by atoms with Gasteiger partial charge in [-0.1, -0.05) is 31.2 Å². The lowest BCUT2D eigenvalue weighted by atomic mass is 9.97. The van der Waals surface area contributed by atoms with Gasteiger partial charge in [-0.2, -0.15) is 0 Å². The molecule has 3 rings (SSSR count). The van der Waals surface area contributed by atoms with Crippen molar-refractivity contribution in [3.63, 3.8) is 0 Å². The van der Waals surface area contributed by atoms with Gasteiger partial charge in [0.25, 0.3) is 0 Å². The summed E-state index contributed by atoms with van der Waals surface area (Å²) in [4.78, 5) is 4.42. The lowest BCUT2D eigenvalue weighted by Gasteiger charge is -2.13. The SMILES string of the molecule is CCNC1CCc2c(-c3ccc(C)nc3)cccc21. The number of nitrogens with one attached hydrogen (secondary N) is 1. The molecule has 0 saturated carbocycles. The predicted octanol–water partition coefficient (Wildman–Crippen LogP) is 3.65. The van der Waals surface area contributed by atoms with Crippen LogP contribution in [-0.2, 0) is 6.42 Å². The Morgan fingerprint density at radius 2 is 2.16 bits per heavy atom. The number of nitrogens with zero attached hydrogens (tertiary/aromatic N) is 1. The van der Waals surface area contributed by atoms with Gasteiger partial charge in [0.1, 0.15) is 0 Å². The van der Waals surface area contributed by atoms with Crippen LogP contribution in [0.5, 0.6) is 0 Å². The van der Waals surface area contributed by atoms with E-state index in [0.717, 1.165) is 18.7 Å². The summed E-state index contributed by atoms with van der Waals surface area (Å²) in [5, 5.41) is 3.57. The van der Waals surface area contributed by atoms with Crippen LogP contribution in [0.1, 0.15) is 36.2 Å². The summed E-state index contributed by atoms with van der Waals surface area (Å²) in [6, 6.07) is 11.5. The van der Waals surface area contributed by atoms with E-state index in [2.05, 4.69) is 47.6 Å². The van der Waals surface area contributed by atoms with Crippen molar-refractivity contribution in [3.8, 4) is 11.1 Å². The Morgan fingerprint density at radius 1 is 1.26 bits per heavy atom. The summed E-state index contributed by atoms with van der Waals surface area (Å²) >= 11 is 0. The fourth-order valence-electron chi connectivity index (χ4n) is 3.01. The third kappa shape index (κ3) is 2.28. The summed E-state index contributed by atoms with van der Waals surface area (Å²) in [6.07, 6.45) is 4.36. The van der Waals surface area contributed by atoms with Crippen LogP contribution < -0.4 is 5.32 Å². The second kappa shape index (κ2) is 5.14. The van der Waals surface area contributed by atoms with E-state index in [4.69, 9.17) is 0 Å². The third-order valence-corrected chi connectivity index (χ3v) is 3.94. The first kappa shape index (κ1) is 12.4. The molecule has 2 heteroatoms. The summed E-state index contributed by atoms with van der Waals surface area (Å²) in [7, 11) is 0. The van der Waals surface area contributed by atoms with Crippen LogP contribution >= 0.6 is 0 Å². The smallest absolute Gasteiger partial charge is 0.0373 e. The molecule has 0 saturated heterocycles. The quantitative estimate of drug-likeness (QED) is 0.902. The molecule has 1 unspecified atom stereocenters. The van der Waals surface area contributed by atoms with Gasteiger partial charge in [0.05, 0.1) is 0 Å². The Kier molecular flexibility index (Phi) is 3.34. The number of benzene rings is 1. The Balaban J connectivity index is 2.02. The molecular weight excluding hydrogens is 232 g/mol. The molecule has 0 bridgehead atoms. The molecular formula is C17H20N2. The van der Waals surface area contributed by atoms with E-state index in [-0.39, 0.29) is 0 Å². The lowest BCUT2D eigenvalue weighted by Crippen LogP contribution is -2.18. The summed E-state index contributed by atoms with van der Waals surface area (Å²) in [5.74, 6) is 0. The van der Waals surface area contributed by atoms with Gasteiger partial charge in [-0.05, 0) is 49.1 Å². The molecule has 2 nitrogen and oxygen atoms in total. The van der Waals surface area contributed by atoms with E-state index in [9.17, 15) is 0 Å². The van der Waals surface area contributed by atoms with Gasteiger partial charge in [0.2, 0.25) is 0 Å². The maximum absolute atomic E-state index is 4.42. The van der Waals surface area contributed by atoms with Gasteiger partial charge in [-0.25, -0.2) is 0 Å². The minimum atomic E-state index is 0.526. The number of hydrogen-bond donors (Lipinski definition) is 1. The van der Waals surface area contributed by atoms with E-state index in [0.29, 0.717) is 6.04 Å². The van der Waals surface area contributed by atoms with Crippen molar-refractivity contribution < 1.29 is 0 Å². The standard InChI is InChI=1S/C17H20N2/c1-3-18-17-10-9-15-14(5-4-6-16(15)17)13-8-7-12(2)19-11-13/h4-8,11,17-18H,3,9-10H2,1-2H3. The van der Waals surface area contributed by atoms with Gasteiger partial charge in [0, 0.05) is 23.5 Å². The summed E-state index contributed by atoms with van der Waals surface area (Å²) in [5.41, 5.74) is 6.63. The zero-order valence-electron chi connectivity index (χ0n) is 11.6. The van der Waals surface area contributed by atoms with Crippen molar-refractivity contribution in [2.24, 2.45) is 0 Å². The predicted molar refractivity (Wildman–Crippen MR) is 79.1 cm³/mol. The zero-order valence-corrected chi connectivity index (χ0v) is 11.6. The van der Waals surface area contributed by atoms with Crippen LogP contribution in [0.4, 0.5) is 0 Å². The lowest BCUT2D eigenvalue weighted by molar-refractivity contribution is 0.549. The molecule has 1 heterocycles. The highest BCUT2D eigenvalue weighted by atomic mass is 14.9. The average molecular weight is 252 g/mol. The second-order valence-corrected chi connectivity index (χ2v) is 5.21. The molecule has 2 aromatic rings. The number of pyridine rings is 1. The van der Waals surface area contributed by atoms with Crippen LogP contribution in [0.15, 0.2) is 36.5 Å². The van der Waals surface area contributed by atoms with Crippen LogP contribution in [0.3, 0.4) is 0 Å². The molecule has 1 aromatic heterocycles. The highest BCUT2D eigenvalue weighted by molar-refractivity contribution is 5.69.